The monoisotopic (exact) mass is 358 g/mol. The van der Waals surface area contributed by atoms with Crippen LogP contribution in [0.4, 0.5) is 8.78 Å². The van der Waals surface area contributed by atoms with Gasteiger partial charge in [0.15, 0.2) is 0 Å². The highest BCUT2D eigenvalue weighted by Gasteiger charge is 2.35. The van der Waals surface area contributed by atoms with Gasteiger partial charge in [0.2, 0.25) is 0 Å². The van der Waals surface area contributed by atoms with E-state index in [1.807, 2.05) is 0 Å². The lowest BCUT2D eigenvalue weighted by atomic mass is 9.89. The summed E-state index contributed by atoms with van der Waals surface area (Å²) in [5.74, 6) is -0.470. The topological polar surface area (TPSA) is 15.3 Å². The van der Waals surface area contributed by atoms with Gasteiger partial charge in [-0.15, -0.1) is 0 Å². The zero-order valence-electron chi connectivity index (χ0n) is 12.0. The van der Waals surface area contributed by atoms with Gasteiger partial charge >= 0.3 is 0 Å². The fourth-order valence-corrected chi connectivity index (χ4v) is 4.19. The van der Waals surface area contributed by atoms with Gasteiger partial charge in [-0.3, -0.25) is 4.90 Å². The molecule has 0 unspecified atom stereocenters. The highest BCUT2D eigenvalue weighted by atomic mass is 79.9. The van der Waals surface area contributed by atoms with E-state index in [4.69, 9.17) is 0 Å². The zero-order chi connectivity index (χ0) is 14.8. The smallest absolute Gasteiger partial charge is 0.132 e. The van der Waals surface area contributed by atoms with E-state index in [-0.39, 0.29) is 11.6 Å². The Hall–Kier alpha value is -0.520. The van der Waals surface area contributed by atoms with Crippen LogP contribution in [0.25, 0.3) is 0 Å². The summed E-state index contributed by atoms with van der Waals surface area (Å²) in [7, 11) is 0. The van der Waals surface area contributed by atoms with Crippen molar-refractivity contribution in [2.75, 3.05) is 26.2 Å². The molecule has 1 heterocycles. The average molecular weight is 359 g/mol. The van der Waals surface area contributed by atoms with E-state index < -0.39 is 11.6 Å². The first-order valence-electron chi connectivity index (χ1n) is 7.76. The first-order chi connectivity index (χ1) is 10.2. The lowest BCUT2D eigenvalue weighted by Crippen LogP contribution is -2.47. The SMILES string of the molecule is Fc1cc(Br)cc(F)c1[C@@H](C1CCCC1)N1CCNCC1. The molecule has 1 saturated carbocycles. The minimum atomic E-state index is -0.419. The number of benzene rings is 1. The van der Waals surface area contributed by atoms with Crippen molar-refractivity contribution >= 4 is 15.9 Å². The van der Waals surface area contributed by atoms with Gasteiger partial charge in [-0.25, -0.2) is 8.78 Å². The van der Waals surface area contributed by atoms with E-state index in [9.17, 15) is 8.78 Å². The summed E-state index contributed by atoms with van der Waals surface area (Å²) in [4.78, 5) is 2.27. The number of hydrogen-bond acceptors (Lipinski definition) is 2. The van der Waals surface area contributed by atoms with E-state index in [1.165, 1.54) is 25.0 Å². The second-order valence-corrected chi connectivity index (χ2v) is 6.97. The molecule has 0 aromatic heterocycles. The maximum Gasteiger partial charge on any atom is 0.132 e. The molecule has 2 nitrogen and oxygen atoms in total. The summed E-state index contributed by atoms with van der Waals surface area (Å²) in [6.45, 7) is 3.50. The fraction of sp³-hybridized carbons (Fsp3) is 0.625. The van der Waals surface area contributed by atoms with Gasteiger partial charge in [0.1, 0.15) is 11.6 Å². The first kappa shape index (κ1) is 15.4. The van der Waals surface area contributed by atoms with Gasteiger partial charge in [-0.1, -0.05) is 28.8 Å². The molecule has 1 aromatic rings. The number of halogens is 3. The molecule has 3 rings (SSSR count). The highest BCUT2D eigenvalue weighted by molar-refractivity contribution is 9.10. The molecule has 21 heavy (non-hydrogen) atoms. The first-order valence-corrected chi connectivity index (χ1v) is 8.55. The molecule has 5 heteroatoms. The average Bonchev–Trinajstić information content (AvgIpc) is 2.97. The molecule has 1 N–H and O–H groups in total. The molecule has 116 valence electrons. The lowest BCUT2D eigenvalue weighted by molar-refractivity contribution is 0.119. The summed E-state index contributed by atoms with van der Waals surface area (Å²) < 4.78 is 29.4. The Balaban J connectivity index is 1.97. The van der Waals surface area contributed by atoms with E-state index in [0.29, 0.717) is 10.4 Å². The van der Waals surface area contributed by atoms with Crippen molar-refractivity contribution in [1.82, 2.24) is 10.2 Å². The molecule has 0 radical (unpaired) electrons. The molecule has 0 amide bonds. The molecular weight excluding hydrogens is 338 g/mol. The molecule has 1 aromatic carbocycles. The van der Waals surface area contributed by atoms with E-state index in [0.717, 1.165) is 39.0 Å². The van der Waals surface area contributed by atoms with Gasteiger partial charge in [0, 0.05) is 42.3 Å². The summed E-state index contributed by atoms with van der Waals surface area (Å²) in [5, 5.41) is 3.31. The van der Waals surface area contributed by atoms with Crippen LogP contribution < -0.4 is 5.32 Å². The summed E-state index contributed by atoms with van der Waals surface area (Å²) >= 11 is 3.17. The molecular formula is C16H21BrF2N2. The summed E-state index contributed by atoms with van der Waals surface area (Å²) in [6.07, 6.45) is 4.49. The maximum absolute atomic E-state index is 14.5. The molecule has 0 bridgehead atoms. The quantitative estimate of drug-likeness (QED) is 0.882. The minimum absolute atomic E-state index is 0.123. The van der Waals surface area contributed by atoms with E-state index in [2.05, 4.69) is 26.1 Å². The van der Waals surface area contributed by atoms with Crippen LogP contribution in [0.2, 0.25) is 0 Å². The molecule has 0 spiro atoms. The fourth-order valence-electron chi connectivity index (χ4n) is 3.79. The predicted molar refractivity (Wildman–Crippen MR) is 83.2 cm³/mol. The lowest BCUT2D eigenvalue weighted by Gasteiger charge is -2.38. The highest BCUT2D eigenvalue weighted by Crippen LogP contribution is 2.41. The van der Waals surface area contributed by atoms with Crippen molar-refractivity contribution in [1.29, 1.82) is 0 Å². The molecule has 1 aliphatic heterocycles. The Morgan fingerprint density at radius 3 is 2.24 bits per heavy atom. The van der Waals surface area contributed by atoms with Gasteiger partial charge in [-0.2, -0.15) is 0 Å². The van der Waals surface area contributed by atoms with Gasteiger partial charge < -0.3 is 5.32 Å². The van der Waals surface area contributed by atoms with Crippen molar-refractivity contribution < 1.29 is 8.78 Å². The maximum atomic E-state index is 14.5. The third kappa shape index (κ3) is 3.30. The third-order valence-electron chi connectivity index (χ3n) is 4.73. The third-order valence-corrected chi connectivity index (χ3v) is 5.19. The largest absolute Gasteiger partial charge is 0.314 e. The van der Waals surface area contributed by atoms with Crippen molar-refractivity contribution in [3.05, 3.63) is 33.8 Å². The number of nitrogens with one attached hydrogen (secondary N) is 1. The van der Waals surface area contributed by atoms with Crippen molar-refractivity contribution in [3.63, 3.8) is 0 Å². The van der Waals surface area contributed by atoms with E-state index in [1.54, 1.807) is 0 Å². The van der Waals surface area contributed by atoms with Gasteiger partial charge in [-0.05, 0) is 30.9 Å². The Morgan fingerprint density at radius 2 is 1.67 bits per heavy atom. The second kappa shape index (κ2) is 6.71. The van der Waals surface area contributed by atoms with Crippen LogP contribution in [0.5, 0.6) is 0 Å². The Labute approximate surface area is 133 Å². The Kier molecular flexibility index (Phi) is 4.92. The van der Waals surface area contributed by atoms with Crippen molar-refractivity contribution in [2.24, 2.45) is 5.92 Å². The van der Waals surface area contributed by atoms with Crippen LogP contribution in [-0.4, -0.2) is 31.1 Å². The van der Waals surface area contributed by atoms with Crippen LogP contribution >= 0.6 is 15.9 Å². The second-order valence-electron chi connectivity index (χ2n) is 6.06. The number of hydrogen-bond donors (Lipinski definition) is 1. The summed E-state index contributed by atoms with van der Waals surface area (Å²) in [6, 6.07) is 2.66. The standard InChI is InChI=1S/C16H21BrF2N2/c17-12-9-13(18)15(14(19)10-12)16(11-3-1-2-4-11)21-7-5-20-6-8-21/h9-11,16,20H,1-8H2/t16-/m1/s1. The predicted octanol–water partition coefficient (Wildman–Crippen LogP) is 3.86. The summed E-state index contributed by atoms with van der Waals surface area (Å²) in [5.41, 5.74) is 0.270. The molecule has 1 saturated heterocycles. The van der Waals surface area contributed by atoms with Crippen molar-refractivity contribution in [3.8, 4) is 0 Å². The van der Waals surface area contributed by atoms with Crippen LogP contribution in [0, 0.1) is 17.6 Å². The number of piperazine rings is 1. The van der Waals surface area contributed by atoms with Crippen LogP contribution in [0.15, 0.2) is 16.6 Å². The number of rotatable bonds is 3. The number of nitrogens with zero attached hydrogens (tertiary/aromatic N) is 1. The minimum Gasteiger partial charge on any atom is -0.314 e. The van der Waals surface area contributed by atoms with Crippen molar-refractivity contribution in [2.45, 2.75) is 31.7 Å². The van der Waals surface area contributed by atoms with Gasteiger partial charge in [0.05, 0.1) is 0 Å². The van der Waals surface area contributed by atoms with Crippen LogP contribution in [-0.2, 0) is 0 Å². The normalized spacial score (nSPS) is 22.6. The molecule has 1 atom stereocenters. The van der Waals surface area contributed by atoms with Crippen LogP contribution in [0.1, 0.15) is 37.3 Å². The Morgan fingerprint density at radius 1 is 1.10 bits per heavy atom. The zero-order valence-corrected chi connectivity index (χ0v) is 13.6. The van der Waals surface area contributed by atoms with Gasteiger partial charge in [0.25, 0.3) is 0 Å². The molecule has 1 aliphatic carbocycles. The Bertz CT molecular complexity index is 474. The molecule has 2 fully saturated rings. The van der Waals surface area contributed by atoms with Crippen LogP contribution in [0.3, 0.4) is 0 Å². The van der Waals surface area contributed by atoms with E-state index >= 15 is 0 Å². The molecule has 2 aliphatic rings.